The van der Waals surface area contributed by atoms with Gasteiger partial charge in [0.1, 0.15) is 12.1 Å². The zero-order chi connectivity index (χ0) is 19.8. The fourth-order valence-corrected chi connectivity index (χ4v) is 3.89. The quantitative estimate of drug-likeness (QED) is 0.482. The number of rotatable bonds is 7. The average Bonchev–Trinajstić information content (AvgIpc) is 3.40. The number of nitrogens with zero attached hydrogens (tertiary/aromatic N) is 2. The van der Waals surface area contributed by atoms with E-state index < -0.39 is 5.82 Å². The van der Waals surface area contributed by atoms with Gasteiger partial charge in [-0.15, -0.1) is 0 Å². The van der Waals surface area contributed by atoms with Crippen LogP contribution in [0.5, 0.6) is 0 Å². The second kappa shape index (κ2) is 7.76. The summed E-state index contributed by atoms with van der Waals surface area (Å²) in [5.41, 5.74) is 3.69. The lowest BCUT2D eigenvalue weighted by atomic mass is 9.94. The van der Waals surface area contributed by atoms with Gasteiger partial charge in [0.05, 0.1) is 18.5 Å². The van der Waals surface area contributed by atoms with Gasteiger partial charge in [-0.25, -0.2) is 9.37 Å². The topological polar surface area (TPSA) is 44.1 Å². The van der Waals surface area contributed by atoms with Crippen LogP contribution < -0.4 is 0 Å². The molecule has 0 aliphatic heterocycles. The molecule has 4 nitrogen and oxygen atoms in total. The highest BCUT2D eigenvalue weighted by atomic mass is 79.9. The van der Waals surface area contributed by atoms with Crippen molar-refractivity contribution in [2.45, 2.75) is 26.2 Å². The van der Waals surface area contributed by atoms with Crippen LogP contribution in [-0.4, -0.2) is 28.5 Å². The number of ketones is 1. The number of benzene rings is 2. The van der Waals surface area contributed by atoms with Crippen LogP contribution in [0, 0.1) is 18.7 Å². The number of hydrogen-bond donors (Lipinski definition) is 0. The standard InChI is InChI=1S/C22H22BrFN2O2/c1-13-7-16(23)6-5-15(13)8-18-17(20(27)11-28-10-14-3-4-14)9-19-22(21(18)24)25-12-26(19)2/h5-7,9,12,14H,3-4,8,10-11H2,1-2H3. The van der Waals surface area contributed by atoms with E-state index in [1.165, 1.54) is 0 Å². The highest BCUT2D eigenvalue weighted by molar-refractivity contribution is 9.10. The smallest absolute Gasteiger partial charge is 0.188 e. The highest BCUT2D eigenvalue weighted by Crippen LogP contribution is 2.30. The molecule has 28 heavy (non-hydrogen) atoms. The maximum absolute atomic E-state index is 15.4. The van der Waals surface area contributed by atoms with E-state index in [9.17, 15) is 4.79 Å². The van der Waals surface area contributed by atoms with Crippen LogP contribution in [0.3, 0.4) is 0 Å². The van der Waals surface area contributed by atoms with Crippen LogP contribution in [0.4, 0.5) is 4.39 Å². The summed E-state index contributed by atoms with van der Waals surface area (Å²) in [6.07, 6.45) is 4.23. The fraction of sp³-hybridized carbons (Fsp3) is 0.364. The summed E-state index contributed by atoms with van der Waals surface area (Å²) in [5, 5.41) is 0. The fourth-order valence-electron chi connectivity index (χ4n) is 3.41. The number of hydrogen-bond acceptors (Lipinski definition) is 3. The minimum atomic E-state index is -0.425. The van der Waals surface area contributed by atoms with Gasteiger partial charge in [-0.1, -0.05) is 22.0 Å². The predicted molar refractivity (Wildman–Crippen MR) is 110 cm³/mol. The zero-order valence-electron chi connectivity index (χ0n) is 16.0. The minimum absolute atomic E-state index is 0.0222. The lowest BCUT2D eigenvalue weighted by Gasteiger charge is -2.13. The molecule has 0 amide bonds. The number of Topliss-reactive ketones (excluding diaryl/α,β-unsaturated/α-hetero) is 1. The SMILES string of the molecule is Cc1cc(Br)ccc1Cc1c(C(=O)COCC2CC2)cc2c(ncn2C)c1F. The monoisotopic (exact) mass is 444 g/mol. The van der Waals surface area contributed by atoms with Gasteiger partial charge in [-0.2, -0.15) is 0 Å². The molecule has 0 radical (unpaired) electrons. The first-order valence-corrected chi connectivity index (χ1v) is 10.2. The number of carbonyl (C=O) groups is 1. The van der Waals surface area contributed by atoms with Gasteiger partial charge in [0.2, 0.25) is 0 Å². The van der Waals surface area contributed by atoms with Crippen molar-refractivity contribution in [3.05, 3.63) is 63.1 Å². The third-order valence-corrected chi connectivity index (χ3v) is 5.81. The van der Waals surface area contributed by atoms with Crippen LogP contribution >= 0.6 is 15.9 Å². The molecule has 4 rings (SSSR count). The number of imidazole rings is 1. The minimum Gasteiger partial charge on any atom is -0.373 e. The maximum atomic E-state index is 15.4. The molecular formula is C22H22BrFN2O2. The molecule has 0 spiro atoms. The number of aryl methyl sites for hydroxylation is 2. The molecule has 1 fully saturated rings. The van der Waals surface area contributed by atoms with Crippen molar-refractivity contribution in [2.24, 2.45) is 13.0 Å². The van der Waals surface area contributed by atoms with E-state index in [0.717, 1.165) is 28.4 Å². The molecule has 1 aromatic heterocycles. The Morgan fingerprint density at radius 1 is 1.36 bits per heavy atom. The van der Waals surface area contributed by atoms with Crippen molar-refractivity contribution in [2.75, 3.05) is 13.2 Å². The lowest BCUT2D eigenvalue weighted by Crippen LogP contribution is -2.15. The molecule has 3 aromatic rings. The summed E-state index contributed by atoms with van der Waals surface area (Å²) in [4.78, 5) is 17.1. The zero-order valence-corrected chi connectivity index (χ0v) is 17.6. The van der Waals surface area contributed by atoms with Crippen molar-refractivity contribution in [3.63, 3.8) is 0 Å². The molecule has 146 valence electrons. The molecular weight excluding hydrogens is 423 g/mol. The molecule has 1 aliphatic rings. The van der Waals surface area contributed by atoms with Crippen LogP contribution in [0.2, 0.25) is 0 Å². The molecule has 1 heterocycles. The van der Waals surface area contributed by atoms with Gasteiger partial charge in [-0.3, -0.25) is 4.79 Å². The molecule has 6 heteroatoms. The third kappa shape index (κ3) is 3.89. The molecule has 0 bridgehead atoms. The molecule has 0 atom stereocenters. The molecule has 1 aliphatic carbocycles. The average molecular weight is 445 g/mol. The summed E-state index contributed by atoms with van der Waals surface area (Å²) in [6, 6.07) is 7.63. The summed E-state index contributed by atoms with van der Waals surface area (Å²) in [7, 11) is 1.80. The Morgan fingerprint density at radius 3 is 2.86 bits per heavy atom. The summed E-state index contributed by atoms with van der Waals surface area (Å²) in [5.74, 6) is -0.0349. The van der Waals surface area contributed by atoms with Crippen LogP contribution in [0.15, 0.2) is 35.1 Å². The predicted octanol–water partition coefficient (Wildman–Crippen LogP) is 4.98. The van der Waals surface area contributed by atoms with Gasteiger partial charge >= 0.3 is 0 Å². The number of halogens is 2. The van der Waals surface area contributed by atoms with Crippen molar-refractivity contribution >= 4 is 32.7 Å². The van der Waals surface area contributed by atoms with E-state index in [0.29, 0.717) is 41.1 Å². The Bertz CT molecular complexity index is 1060. The van der Waals surface area contributed by atoms with E-state index in [1.54, 1.807) is 24.0 Å². The van der Waals surface area contributed by atoms with Crippen LogP contribution in [-0.2, 0) is 18.2 Å². The third-order valence-electron chi connectivity index (χ3n) is 5.32. The molecule has 0 N–H and O–H groups in total. The summed E-state index contributed by atoms with van der Waals surface area (Å²) in [6.45, 7) is 2.56. The van der Waals surface area contributed by atoms with E-state index >= 15 is 4.39 Å². The van der Waals surface area contributed by atoms with E-state index in [-0.39, 0.29) is 12.4 Å². The Kier molecular flexibility index (Phi) is 5.34. The number of ether oxygens (including phenoxy) is 1. The number of aromatic nitrogens is 2. The van der Waals surface area contributed by atoms with Crippen LogP contribution in [0.25, 0.3) is 11.0 Å². The molecule has 2 aromatic carbocycles. The van der Waals surface area contributed by atoms with Crippen molar-refractivity contribution in [1.82, 2.24) is 9.55 Å². The van der Waals surface area contributed by atoms with E-state index in [2.05, 4.69) is 20.9 Å². The molecule has 1 saturated carbocycles. The Hall–Kier alpha value is -2.05. The summed E-state index contributed by atoms with van der Waals surface area (Å²) < 4.78 is 23.7. The lowest BCUT2D eigenvalue weighted by molar-refractivity contribution is 0.0738. The first-order valence-electron chi connectivity index (χ1n) is 9.42. The number of fused-ring (bicyclic) bond motifs is 1. The summed E-state index contributed by atoms with van der Waals surface area (Å²) >= 11 is 3.46. The maximum Gasteiger partial charge on any atom is 0.188 e. The largest absolute Gasteiger partial charge is 0.373 e. The van der Waals surface area contributed by atoms with Gasteiger partial charge < -0.3 is 9.30 Å². The van der Waals surface area contributed by atoms with E-state index in [4.69, 9.17) is 4.74 Å². The normalized spacial score (nSPS) is 14.0. The van der Waals surface area contributed by atoms with E-state index in [1.807, 2.05) is 25.1 Å². The highest BCUT2D eigenvalue weighted by Gasteiger charge is 2.24. The van der Waals surface area contributed by atoms with Crippen molar-refractivity contribution in [1.29, 1.82) is 0 Å². The van der Waals surface area contributed by atoms with Gasteiger partial charge in [0.25, 0.3) is 0 Å². The van der Waals surface area contributed by atoms with Gasteiger partial charge in [0.15, 0.2) is 11.6 Å². The first kappa shape index (κ1) is 19.3. The molecule has 0 saturated heterocycles. The Morgan fingerprint density at radius 2 is 2.14 bits per heavy atom. The van der Waals surface area contributed by atoms with Crippen molar-refractivity contribution < 1.29 is 13.9 Å². The second-order valence-electron chi connectivity index (χ2n) is 7.57. The van der Waals surface area contributed by atoms with Gasteiger partial charge in [-0.05, 0) is 55.0 Å². The number of carbonyl (C=O) groups excluding carboxylic acids is 1. The van der Waals surface area contributed by atoms with Gasteiger partial charge in [0, 0.05) is 29.1 Å². The second-order valence-corrected chi connectivity index (χ2v) is 8.48. The van der Waals surface area contributed by atoms with Crippen molar-refractivity contribution in [3.8, 4) is 0 Å². The molecule has 0 unspecified atom stereocenters. The van der Waals surface area contributed by atoms with Crippen LogP contribution in [0.1, 0.15) is 39.9 Å². The Balaban J connectivity index is 1.73. The first-order chi connectivity index (χ1) is 13.4. The Labute approximate surface area is 171 Å².